The largest absolute Gasteiger partial charge is 0.445 e. The van der Waals surface area contributed by atoms with Crippen molar-refractivity contribution >= 4 is 23.5 Å². The second-order valence-electron chi connectivity index (χ2n) is 6.23. The van der Waals surface area contributed by atoms with Crippen molar-refractivity contribution in [2.75, 3.05) is 12.9 Å². The van der Waals surface area contributed by atoms with Gasteiger partial charge in [-0.05, 0) is 18.4 Å². The average molecular weight is 338 g/mol. The topological polar surface area (TPSA) is 46.6 Å². The van der Waals surface area contributed by atoms with E-state index in [2.05, 4.69) is 0 Å². The molecule has 1 aliphatic rings. The third-order valence-electron chi connectivity index (χ3n) is 4.65. The fourth-order valence-corrected chi connectivity index (χ4v) is 3.36. The number of alkyl halides is 1. The van der Waals surface area contributed by atoms with Gasteiger partial charge >= 0.3 is 6.09 Å². The quantitative estimate of drug-likeness (QED) is 0.732. The zero-order valence-corrected chi connectivity index (χ0v) is 14.3. The van der Waals surface area contributed by atoms with Crippen LogP contribution in [0.4, 0.5) is 4.79 Å². The van der Waals surface area contributed by atoms with Crippen LogP contribution < -0.4 is 0 Å². The highest BCUT2D eigenvalue weighted by atomic mass is 35.5. The lowest BCUT2D eigenvalue weighted by atomic mass is 9.77. The average Bonchev–Trinajstić information content (AvgIpc) is 2.60. The summed E-state index contributed by atoms with van der Waals surface area (Å²) in [6.07, 6.45) is 4.77. The van der Waals surface area contributed by atoms with Gasteiger partial charge in [0.25, 0.3) is 0 Å². The standard InChI is InChI=1S/C18H24ClNO3/c1-20(17(22)23-14-15-8-4-2-5-9-15)18(12-16(21)13-19)10-6-3-7-11-18/h2,4-5,8-9H,3,6-7,10-14H2,1H3. The smallest absolute Gasteiger partial charge is 0.410 e. The van der Waals surface area contributed by atoms with Crippen LogP contribution in [0.25, 0.3) is 0 Å². The first kappa shape index (κ1) is 17.8. The number of benzene rings is 1. The molecule has 0 aliphatic heterocycles. The second kappa shape index (κ2) is 8.34. The molecule has 0 unspecified atom stereocenters. The molecular formula is C18H24ClNO3. The van der Waals surface area contributed by atoms with Crippen LogP contribution in [0.2, 0.25) is 0 Å². The van der Waals surface area contributed by atoms with Gasteiger partial charge < -0.3 is 9.64 Å². The Labute approximate surface area is 142 Å². The van der Waals surface area contributed by atoms with Crippen molar-refractivity contribution in [3.8, 4) is 0 Å². The normalized spacial score (nSPS) is 16.6. The summed E-state index contributed by atoms with van der Waals surface area (Å²) in [5.41, 5.74) is 0.502. The van der Waals surface area contributed by atoms with E-state index >= 15 is 0 Å². The number of ether oxygens (including phenoxy) is 1. The molecule has 1 saturated carbocycles. The summed E-state index contributed by atoms with van der Waals surface area (Å²) in [6, 6.07) is 9.58. The maximum atomic E-state index is 12.5. The van der Waals surface area contributed by atoms with Gasteiger partial charge in [0.05, 0.1) is 11.4 Å². The molecule has 0 heterocycles. The summed E-state index contributed by atoms with van der Waals surface area (Å²) < 4.78 is 5.43. The predicted molar refractivity (Wildman–Crippen MR) is 90.6 cm³/mol. The first-order valence-electron chi connectivity index (χ1n) is 8.09. The van der Waals surface area contributed by atoms with E-state index in [0.717, 1.165) is 37.7 Å². The molecule has 1 aromatic carbocycles. The molecule has 0 bridgehead atoms. The van der Waals surface area contributed by atoms with E-state index in [-0.39, 0.29) is 24.4 Å². The van der Waals surface area contributed by atoms with E-state index in [4.69, 9.17) is 16.3 Å². The Balaban J connectivity index is 2.02. The van der Waals surface area contributed by atoms with E-state index < -0.39 is 5.54 Å². The Bertz CT molecular complexity index is 526. The number of hydrogen-bond acceptors (Lipinski definition) is 3. The van der Waals surface area contributed by atoms with E-state index in [9.17, 15) is 9.59 Å². The van der Waals surface area contributed by atoms with Crippen LogP contribution in [-0.4, -0.2) is 35.2 Å². The Hall–Kier alpha value is -1.55. The zero-order valence-electron chi connectivity index (χ0n) is 13.6. The SMILES string of the molecule is CN(C(=O)OCc1ccccc1)C1(CC(=O)CCl)CCCCC1. The molecule has 0 aromatic heterocycles. The molecule has 4 nitrogen and oxygen atoms in total. The molecule has 5 heteroatoms. The van der Waals surface area contributed by atoms with Gasteiger partial charge in [-0.25, -0.2) is 4.79 Å². The summed E-state index contributed by atoms with van der Waals surface area (Å²) in [5.74, 6) is -0.0226. The van der Waals surface area contributed by atoms with E-state index in [1.54, 1.807) is 11.9 Å². The minimum atomic E-state index is -0.446. The van der Waals surface area contributed by atoms with Crippen LogP contribution >= 0.6 is 11.6 Å². The zero-order chi connectivity index (χ0) is 16.7. The molecule has 23 heavy (non-hydrogen) atoms. The van der Waals surface area contributed by atoms with Gasteiger partial charge in [-0.1, -0.05) is 49.6 Å². The molecule has 0 atom stereocenters. The van der Waals surface area contributed by atoms with Crippen LogP contribution in [0.1, 0.15) is 44.1 Å². The lowest BCUT2D eigenvalue weighted by Crippen LogP contribution is -2.52. The molecule has 0 saturated heterocycles. The molecule has 2 rings (SSSR count). The Morgan fingerprint density at radius 1 is 1.17 bits per heavy atom. The lowest BCUT2D eigenvalue weighted by molar-refractivity contribution is -0.119. The molecule has 126 valence electrons. The maximum Gasteiger partial charge on any atom is 0.410 e. The van der Waals surface area contributed by atoms with E-state index in [0.29, 0.717) is 6.42 Å². The maximum absolute atomic E-state index is 12.5. The van der Waals surface area contributed by atoms with Gasteiger partial charge in [-0.2, -0.15) is 0 Å². The van der Waals surface area contributed by atoms with Gasteiger partial charge in [0.15, 0.2) is 0 Å². The summed E-state index contributed by atoms with van der Waals surface area (Å²) >= 11 is 5.67. The number of ketones is 1. The van der Waals surface area contributed by atoms with Crippen molar-refractivity contribution in [2.45, 2.75) is 50.7 Å². The molecular weight excluding hydrogens is 314 g/mol. The summed E-state index contributed by atoms with van der Waals surface area (Å²) in [7, 11) is 1.74. The van der Waals surface area contributed by atoms with Crippen LogP contribution in [0, 0.1) is 0 Å². The van der Waals surface area contributed by atoms with Crippen LogP contribution in [0.3, 0.4) is 0 Å². The summed E-state index contributed by atoms with van der Waals surface area (Å²) in [4.78, 5) is 26.0. The molecule has 1 aromatic rings. The summed E-state index contributed by atoms with van der Waals surface area (Å²) in [6.45, 7) is 0.240. The number of hydrogen-bond donors (Lipinski definition) is 0. The molecule has 1 amide bonds. The van der Waals surface area contributed by atoms with Crippen molar-refractivity contribution in [3.05, 3.63) is 35.9 Å². The van der Waals surface area contributed by atoms with Gasteiger partial charge in [0, 0.05) is 13.5 Å². The van der Waals surface area contributed by atoms with Crippen LogP contribution in [-0.2, 0) is 16.1 Å². The first-order chi connectivity index (χ1) is 11.1. The number of carbonyl (C=O) groups excluding carboxylic acids is 2. The molecule has 1 aliphatic carbocycles. The Morgan fingerprint density at radius 2 is 1.83 bits per heavy atom. The van der Waals surface area contributed by atoms with Crippen molar-refractivity contribution in [3.63, 3.8) is 0 Å². The van der Waals surface area contributed by atoms with E-state index in [1.165, 1.54) is 0 Å². The van der Waals surface area contributed by atoms with Crippen molar-refractivity contribution in [1.29, 1.82) is 0 Å². The lowest BCUT2D eigenvalue weighted by Gasteiger charge is -2.43. The van der Waals surface area contributed by atoms with Gasteiger partial charge in [0.2, 0.25) is 0 Å². The molecule has 0 radical (unpaired) electrons. The van der Waals surface area contributed by atoms with Crippen LogP contribution in [0.5, 0.6) is 0 Å². The van der Waals surface area contributed by atoms with Crippen LogP contribution in [0.15, 0.2) is 30.3 Å². The van der Waals surface area contributed by atoms with Crippen molar-refractivity contribution < 1.29 is 14.3 Å². The van der Waals surface area contributed by atoms with Crippen molar-refractivity contribution in [1.82, 2.24) is 4.90 Å². The predicted octanol–water partition coefficient (Wildman–Crippen LogP) is 4.16. The highest BCUT2D eigenvalue weighted by molar-refractivity contribution is 6.27. The molecule has 1 fully saturated rings. The van der Waals surface area contributed by atoms with Crippen molar-refractivity contribution in [2.24, 2.45) is 0 Å². The number of rotatable bonds is 6. The highest BCUT2D eigenvalue weighted by Crippen LogP contribution is 2.36. The molecule has 0 spiro atoms. The first-order valence-corrected chi connectivity index (χ1v) is 8.63. The monoisotopic (exact) mass is 337 g/mol. The summed E-state index contributed by atoms with van der Waals surface area (Å²) in [5, 5.41) is 0. The minimum Gasteiger partial charge on any atom is -0.445 e. The second-order valence-corrected chi connectivity index (χ2v) is 6.50. The number of carbonyl (C=O) groups is 2. The third-order valence-corrected chi connectivity index (χ3v) is 4.95. The van der Waals surface area contributed by atoms with E-state index in [1.807, 2.05) is 30.3 Å². The fourth-order valence-electron chi connectivity index (χ4n) is 3.26. The number of nitrogens with zero attached hydrogens (tertiary/aromatic N) is 1. The Kier molecular flexibility index (Phi) is 6.46. The van der Waals surface area contributed by atoms with Gasteiger partial charge in [-0.15, -0.1) is 11.6 Å². The van der Waals surface area contributed by atoms with Gasteiger partial charge in [-0.3, -0.25) is 4.79 Å². The number of amides is 1. The highest BCUT2D eigenvalue weighted by Gasteiger charge is 2.40. The number of halogens is 1. The third kappa shape index (κ3) is 4.71. The van der Waals surface area contributed by atoms with Gasteiger partial charge in [0.1, 0.15) is 12.4 Å². The minimum absolute atomic E-state index is 0.00530. The molecule has 0 N–H and O–H groups in total. The fraction of sp³-hybridized carbons (Fsp3) is 0.556. The number of Topliss-reactive ketones (excluding diaryl/α,β-unsaturated/α-hetero) is 1. The Morgan fingerprint density at radius 3 is 2.43 bits per heavy atom.